The smallest absolute Gasteiger partial charge is 0.245 e. The van der Waals surface area contributed by atoms with E-state index >= 15 is 0 Å². The Morgan fingerprint density at radius 3 is 2.59 bits per heavy atom. The molecule has 5 nitrogen and oxygen atoms in total. The van der Waals surface area contributed by atoms with Gasteiger partial charge in [-0.1, -0.05) is 25.3 Å². The summed E-state index contributed by atoms with van der Waals surface area (Å²) in [5.41, 5.74) is 6.71. The van der Waals surface area contributed by atoms with E-state index in [0.717, 1.165) is 30.0 Å². The van der Waals surface area contributed by atoms with Gasteiger partial charge in [-0.3, -0.25) is 14.6 Å². The van der Waals surface area contributed by atoms with Gasteiger partial charge < -0.3 is 5.32 Å². The monoisotopic (exact) mass is 395 g/mol. The van der Waals surface area contributed by atoms with Gasteiger partial charge in [0.2, 0.25) is 11.8 Å². The highest BCUT2D eigenvalue weighted by molar-refractivity contribution is 5.95. The zero-order valence-electron chi connectivity index (χ0n) is 17.6. The molecule has 0 radical (unpaired) electrons. The summed E-state index contributed by atoms with van der Waals surface area (Å²) in [6.07, 6.45) is 8.71. The largest absolute Gasteiger partial charge is 0.324 e. The molecule has 1 aliphatic heterocycles. The van der Waals surface area contributed by atoms with E-state index in [2.05, 4.69) is 17.7 Å². The first-order chi connectivity index (χ1) is 14.0. The Morgan fingerprint density at radius 1 is 1.03 bits per heavy atom. The quantitative estimate of drug-likeness (QED) is 0.818. The first kappa shape index (κ1) is 19.1. The number of rotatable bonds is 3. The standard InChI is InChI=1S/C24H33N3O2/c1-14-10-11-16(12-15(14)2)25-21(28)13-27-24(29)20-9-5-8-18-17-6-3-4-7-19(17)23(26-27)22(18)20/h10-12,17-20,22-23,26H,3-9,13H2,1-2H3,(H,25,28). The fourth-order valence-corrected chi connectivity index (χ4v) is 6.92. The molecule has 4 fully saturated rings. The van der Waals surface area contributed by atoms with Crippen molar-refractivity contribution in [1.29, 1.82) is 0 Å². The maximum atomic E-state index is 13.3. The Morgan fingerprint density at radius 2 is 1.79 bits per heavy atom. The molecule has 2 N–H and O–H groups in total. The molecule has 29 heavy (non-hydrogen) atoms. The van der Waals surface area contributed by atoms with E-state index in [1.54, 1.807) is 5.01 Å². The highest BCUT2D eigenvalue weighted by Crippen LogP contribution is 2.57. The maximum absolute atomic E-state index is 13.3. The Labute approximate surface area is 173 Å². The van der Waals surface area contributed by atoms with E-state index in [-0.39, 0.29) is 24.3 Å². The van der Waals surface area contributed by atoms with E-state index in [9.17, 15) is 9.59 Å². The summed E-state index contributed by atoms with van der Waals surface area (Å²) in [7, 11) is 0. The molecule has 2 amide bonds. The summed E-state index contributed by atoms with van der Waals surface area (Å²) in [5, 5.41) is 4.63. The van der Waals surface area contributed by atoms with E-state index in [1.165, 1.54) is 37.7 Å². The van der Waals surface area contributed by atoms with E-state index in [1.807, 2.05) is 25.1 Å². The number of amides is 2. The molecule has 0 spiro atoms. The van der Waals surface area contributed by atoms with Gasteiger partial charge in [-0.2, -0.15) is 0 Å². The number of nitrogens with one attached hydrogen (secondary N) is 2. The lowest BCUT2D eigenvalue weighted by molar-refractivity contribution is -0.153. The van der Waals surface area contributed by atoms with Gasteiger partial charge in [0, 0.05) is 17.6 Å². The number of hydrogen-bond donors (Lipinski definition) is 2. The third-order valence-electron chi connectivity index (χ3n) is 8.29. The van der Waals surface area contributed by atoms with Crippen LogP contribution in [0.5, 0.6) is 0 Å². The number of anilines is 1. The van der Waals surface area contributed by atoms with Gasteiger partial charge in [0.15, 0.2) is 0 Å². The number of hydrazine groups is 1. The fourth-order valence-electron chi connectivity index (χ4n) is 6.92. The number of carbonyl (C=O) groups excluding carboxylic acids is 2. The number of fused-ring (bicyclic) bond motifs is 3. The molecule has 6 unspecified atom stereocenters. The Bertz CT molecular complexity index is 822. The average molecular weight is 396 g/mol. The first-order valence-electron chi connectivity index (χ1n) is 11.5. The molecule has 1 saturated heterocycles. The van der Waals surface area contributed by atoms with Crippen LogP contribution in [-0.4, -0.2) is 29.4 Å². The molecule has 4 aliphatic rings. The Hall–Kier alpha value is -1.88. The molecule has 1 aromatic carbocycles. The molecule has 5 rings (SSSR count). The van der Waals surface area contributed by atoms with Crippen molar-refractivity contribution in [3.8, 4) is 0 Å². The summed E-state index contributed by atoms with van der Waals surface area (Å²) in [4.78, 5) is 26.0. The van der Waals surface area contributed by atoms with Crippen LogP contribution in [0, 0.1) is 43.4 Å². The fraction of sp³-hybridized carbons (Fsp3) is 0.667. The van der Waals surface area contributed by atoms with Crippen molar-refractivity contribution in [2.24, 2.45) is 29.6 Å². The second kappa shape index (κ2) is 7.42. The zero-order valence-corrected chi connectivity index (χ0v) is 17.6. The van der Waals surface area contributed by atoms with Crippen molar-refractivity contribution in [2.75, 3.05) is 11.9 Å². The van der Waals surface area contributed by atoms with E-state index in [4.69, 9.17) is 0 Å². The molecule has 1 heterocycles. The molecule has 6 atom stereocenters. The van der Waals surface area contributed by atoms with E-state index < -0.39 is 0 Å². The summed E-state index contributed by atoms with van der Waals surface area (Å²) in [5.74, 6) is 2.79. The van der Waals surface area contributed by atoms with Crippen LogP contribution < -0.4 is 10.7 Å². The van der Waals surface area contributed by atoms with Crippen molar-refractivity contribution in [1.82, 2.24) is 10.4 Å². The van der Waals surface area contributed by atoms with Crippen molar-refractivity contribution < 1.29 is 9.59 Å². The van der Waals surface area contributed by atoms with Crippen molar-refractivity contribution in [3.05, 3.63) is 29.3 Å². The lowest BCUT2D eigenvalue weighted by Gasteiger charge is -2.45. The summed E-state index contributed by atoms with van der Waals surface area (Å²) >= 11 is 0. The van der Waals surface area contributed by atoms with Crippen molar-refractivity contribution in [2.45, 2.75) is 64.8 Å². The molecule has 0 aromatic heterocycles. The van der Waals surface area contributed by atoms with Gasteiger partial charge in [0.1, 0.15) is 6.54 Å². The lowest BCUT2D eigenvalue weighted by atomic mass is 9.68. The third-order valence-corrected chi connectivity index (χ3v) is 8.29. The van der Waals surface area contributed by atoms with Crippen LogP contribution in [0.25, 0.3) is 0 Å². The van der Waals surface area contributed by atoms with Crippen LogP contribution in [-0.2, 0) is 9.59 Å². The van der Waals surface area contributed by atoms with Crippen LogP contribution in [0.1, 0.15) is 56.1 Å². The molecule has 3 aliphatic carbocycles. The summed E-state index contributed by atoms with van der Waals surface area (Å²) in [6.45, 7) is 4.19. The second-order valence-corrected chi connectivity index (χ2v) is 9.82. The maximum Gasteiger partial charge on any atom is 0.245 e. The van der Waals surface area contributed by atoms with Crippen molar-refractivity contribution >= 4 is 17.5 Å². The first-order valence-corrected chi connectivity index (χ1v) is 11.5. The molecule has 156 valence electrons. The van der Waals surface area contributed by atoms with Crippen LogP contribution in [0.4, 0.5) is 5.69 Å². The van der Waals surface area contributed by atoms with Gasteiger partial charge in [-0.05, 0) is 86.5 Å². The second-order valence-electron chi connectivity index (χ2n) is 9.82. The summed E-state index contributed by atoms with van der Waals surface area (Å²) < 4.78 is 0. The van der Waals surface area contributed by atoms with Crippen LogP contribution >= 0.6 is 0 Å². The van der Waals surface area contributed by atoms with Crippen molar-refractivity contribution in [3.63, 3.8) is 0 Å². The number of benzene rings is 1. The van der Waals surface area contributed by atoms with Crippen LogP contribution in [0.3, 0.4) is 0 Å². The zero-order chi connectivity index (χ0) is 20.1. The normalized spacial score (nSPS) is 35.8. The van der Waals surface area contributed by atoms with Crippen LogP contribution in [0.15, 0.2) is 18.2 Å². The molecule has 3 saturated carbocycles. The Balaban J connectivity index is 1.31. The van der Waals surface area contributed by atoms with E-state index in [0.29, 0.717) is 23.8 Å². The minimum absolute atomic E-state index is 0.0908. The SMILES string of the molecule is Cc1ccc(NC(=O)CN2NC3C4CCCCC4C4CCCC(C2=O)C43)cc1C. The predicted molar refractivity (Wildman–Crippen MR) is 113 cm³/mol. The minimum atomic E-state index is -0.127. The number of nitrogens with zero attached hydrogens (tertiary/aromatic N) is 1. The predicted octanol–water partition coefficient (Wildman–Crippen LogP) is 3.81. The minimum Gasteiger partial charge on any atom is -0.324 e. The van der Waals surface area contributed by atoms with Crippen LogP contribution in [0.2, 0.25) is 0 Å². The molecular weight excluding hydrogens is 362 g/mol. The lowest BCUT2D eigenvalue weighted by Crippen LogP contribution is -2.63. The molecule has 0 bridgehead atoms. The number of aryl methyl sites for hydroxylation is 2. The Kier molecular flexibility index (Phi) is 4.89. The van der Waals surface area contributed by atoms with Gasteiger partial charge in [-0.25, -0.2) is 5.43 Å². The number of carbonyl (C=O) groups is 2. The topological polar surface area (TPSA) is 61.4 Å². The third kappa shape index (κ3) is 3.27. The van der Waals surface area contributed by atoms with Gasteiger partial charge >= 0.3 is 0 Å². The average Bonchev–Trinajstić information content (AvgIpc) is 3.03. The van der Waals surface area contributed by atoms with Gasteiger partial charge in [0.05, 0.1) is 0 Å². The van der Waals surface area contributed by atoms with Gasteiger partial charge in [-0.15, -0.1) is 0 Å². The highest BCUT2D eigenvalue weighted by Gasteiger charge is 2.58. The summed E-state index contributed by atoms with van der Waals surface area (Å²) in [6, 6.07) is 6.31. The van der Waals surface area contributed by atoms with Gasteiger partial charge in [0.25, 0.3) is 0 Å². The number of hydrogen-bond acceptors (Lipinski definition) is 3. The molecule has 5 heteroatoms. The molecular formula is C24H33N3O2. The highest BCUT2D eigenvalue weighted by atomic mass is 16.2. The molecule has 1 aromatic rings.